The van der Waals surface area contributed by atoms with E-state index < -0.39 is 0 Å². The number of hydrogen-bond donors (Lipinski definition) is 0. The molecule has 0 spiro atoms. The van der Waals surface area contributed by atoms with Crippen molar-refractivity contribution in [2.75, 3.05) is 6.61 Å². The third kappa shape index (κ3) is 3.66. The lowest BCUT2D eigenvalue weighted by molar-refractivity contribution is 0.315. The molecule has 0 radical (unpaired) electrons. The molecule has 25 heavy (non-hydrogen) atoms. The van der Waals surface area contributed by atoms with Gasteiger partial charge < -0.3 is 9.30 Å². The minimum atomic E-state index is 0.194. The molecule has 0 saturated heterocycles. The van der Waals surface area contributed by atoms with Crippen molar-refractivity contribution in [1.29, 1.82) is 0 Å². The molecule has 0 fully saturated rings. The predicted molar refractivity (Wildman–Crippen MR) is 101 cm³/mol. The molecular formula is C22H22N2O. The molecule has 1 aromatic heterocycles. The Kier molecular flexibility index (Phi) is 4.38. The lowest BCUT2D eigenvalue weighted by atomic mass is 10.1. The van der Waals surface area contributed by atoms with Gasteiger partial charge in [-0.1, -0.05) is 60.2 Å². The maximum atomic E-state index is 5.91. The molecule has 0 bridgehead atoms. The Morgan fingerprint density at radius 3 is 2.68 bits per heavy atom. The molecule has 1 atom stereocenters. The summed E-state index contributed by atoms with van der Waals surface area (Å²) in [6.07, 6.45) is 3.01. The van der Waals surface area contributed by atoms with Gasteiger partial charge in [-0.15, -0.1) is 0 Å². The summed E-state index contributed by atoms with van der Waals surface area (Å²) in [5.41, 5.74) is 4.92. The van der Waals surface area contributed by atoms with Gasteiger partial charge in [0.05, 0.1) is 6.04 Å². The molecule has 1 aliphatic rings. The summed E-state index contributed by atoms with van der Waals surface area (Å²) in [7, 11) is 0. The number of ether oxygens (including phenoxy) is 1. The van der Waals surface area contributed by atoms with Crippen LogP contribution in [0.25, 0.3) is 0 Å². The number of aliphatic imine (C=N–C) groups is 1. The van der Waals surface area contributed by atoms with Crippen molar-refractivity contribution < 1.29 is 4.74 Å². The lowest BCUT2D eigenvalue weighted by Crippen LogP contribution is -2.11. The van der Waals surface area contributed by atoms with Gasteiger partial charge in [-0.05, 0) is 36.6 Å². The van der Waals surface area contributed by atoms with Crippen LogP contribution in [0.3, 0.4) is 0 Å². The standard InChI is InChI=1S/C22H22N2O/c1-17-7-5-10-19(13-17)15-24-12-6-11-21(24)22-23-20(16-25-22)14-18-8-3-2-4-9-18/h2-13,20H,14-16H2,1H3/t20-/m1/s1. The van der Waals surface area contributed by atoms with Crippen LogP contribution < -0.4 is 0 Å². The van der Waals surface area contributed by atoms with Crippen LogP contribution in [0, 0.1) is 6.92 Å². The maximum Gasteiger partial charge on any atom is 0.233 e. The van der Waals surface area contributed by atoms with E-state index in [0.717, 1.165) is 24.6 Å². The molecule has 0 amide bonds. The Morgan fingerprint density at radius 2 is 1.84 bits per heavy atom. The Hall–Kier alpha value is -2.81. The van der Waals surface area contributed by atoms with Gasteiger partial charge in [0.1, 0.15) is 12.3 Å². The molecule has 2 heterocycles. The fourth-order valence-corrected chi connectivity index (χ4v) is 3.30. The van der Waals surface area contributed by atoms with E-state index in [1.54, 1.807) is 0 Å². The normalized spacial score (nSPS) is 16.5. The topological polar surface area (TPSA) is 26.5 Å². The third-order valence-electron chi connectivity index (χ3n) is 4.51. The zero-order chi connectivity index (χ0) is 17.1. The van der Waals surface area contributed by atoms with Crippen molar-refractivity contribution in [2.45, 2.75) is 25.9 Å². The molecule has 2 aromatic carbocycles. The van der Waals surface area contributed by atoms with Gasteiger partial charge in [0.25, 0.3) is 0 Å². The monoisotopic (exact) mass is 330 g/mol. The van der Waals surface area contributed by atoms with E-state index in [9.17, 15) is 0 Å². The minimum absolute atomic E-state index is 0.194. The SMILES string of the molecule is Cc1cccc(Cn2cccc2C2=N[C@H](Cc3ccccc3)CO2)c1. The van der Waals surface area contributed by atoms with Crippen molar-refractivity contribution in [3.8, 4) is 0 Å². The van der Waals surface area contributed by atoms with Crippen molar-refractivity contribution in [2.24, 2.45) is 4.99 Å². The Bertz CT molecular complexity index is 880. The average molecular weight is 330 g/mol. The van der Waals surface area contributed by atoms with Crippen LogP contribution in [0.5, 0.6) is 0 Å². The van der Waals surface area contributed by atoms with Gasteiger partial charge in [0, 0.05) is 12.7 Å². The lowest BCUT2D eigenvalue weighted by Gasteiger charge is -2.09. The second-order valence-electron chi connectivity index (χ2n) is 6.60. The van der Waals surface area contributed by atoms with Crippen LogP contribution in [0.15, 0.2) is 77.9 Å². The van der Waals surface area contributed by atoms with E-state index in [0.29, 0.717) is 6.61 Å². The Morgan fingerprint density at radius 1 is 1.00 bits per heavy atom. The highest BCUT2D eigenvalue weighted by atomic mass is 16.5. The van der Waals surface area contributed by atoms with Crippen LogP contribution in [0.4, 0.5) is 0 Å². The first-order valence-corrected chi connectivity index (χ1v) is 8.73. The first-order valence-electron chi connectivity index (χ1n) is 8.73. The van der Waals surface area contributed by atoms with Gasteiger partial charge in [-0.3, -0.25) is 0 Å². The van der Waals surface area contributed by atoms with Crippen LogP contribution in [0.2, 0.25) is 0 Å². The minimum Gasteiger partial charge on any atom is -0.474 e. The highest BCUT2D eigenvalue weighted by Gasteiger charge is 2.22. The molecular weight excluding hydrogens is 308 g/mol. The van der Waals surface area contributed by atoms with Crippen molar-refractivity contribution in [3.05, 3.63) is 95.3 Å². The number of rotatable bonds is 5. The molecule has 3 aromatic rings. The van der Waals surface area contributed by atoms with Crippen molar-refractivity contribution in [3.63, 3.8) is 0 Å². The highest BCUT2D eigenvalue weighted by molar-refractivity contribution is 5.93. The summed E-state index contributed by atoms with van der Waals surface area (Å²) in [4.78, 5) is 4.82. The molecule has 3 nitrogen and oxygen atoms in total. The Balaban J connectivity index is 1.51. The van der Waals surface area contributed by atoms with Gasteiger partial charge in [0.15, 0.2) is 0 Å². The zero-order valence-corrected chi connectivity index (χ0v) is 14.4. The van der Waals surface area contributed by atoms with E-state index in [1.807, 2.05) is 6.07 Å². The van der Waals surface area contributed by atoms with Crippen LogP contribution in [-0.2, 0) is 17.7 Å². The Labute approximate surface area is 148 Å². The van der Waals surface area contributed by atoms with Gasteiger partial charge >= 0.3 is 0 Å². The third-order valence-corrected chi connectivity index (χ3v) is 4.51. The number of aryl methyl sites for hydroxylation is 1. The highest BCUT2D eigenvalue weighted by Crippen LogP contribution is 2.18. The number of nitrogens with zero attached hydrogens (tertiary/aromatic N) is 2. The number of aromatic nitrogens is 1. The molecule has 0 aliphatic carbocycles. The van der Waals surface area contributed by atoms with E-state index >= 15 is 0 Å². The van der Waals surface area contributed by atoms with Crippen molar-refractivity contribution >= 4 is 5.90 Å². The summed E-state index contributed by atoms with van der Waals surface area (Å²) in [5.74, 6) is 0.763. The summed E-state index contributed by atoms with van der Waals surface area (Å²) < 4.78 is 8.12. The van der Waals surface area contributed by atoms with Crippen molar-refractivity contribution in [1.82, 2.24) is 4.57 Å². The van der Waals surface area contributed by atoms with Crippen LogP contribution in [-0.4, -0.2) is 23.1 Å². The van der Waals surface area contributed by atoms with Gasteiger partial charge in [-0.2, -0.15) is 0 Å². The largest absolute Gasteiger partial charge is 0.474 e. The first-order chi connectivity index (χ1) is 12.3. The summed E-state index contributed by atoms with van der Waals surface area (Å²) >= 11 is 0. The van der Waals surface area contributed by atoms with E-state index in [-0.39, 0.29) is 6.04 Å². The smallest absolute Gasteiger partial charge is 0.233 e. The average Bonchev–Trinajstić information content (AvgIpc) is 3.25. The zero-order valence-electron chi connectivity index (χ0n) is 14.4. The quantitative estimate of drug-likeness (QED) is 0.687. The second-order valence-corrected chi connectivity index (χ2v) is 6.60. The summed E-state index contributed by atoms with van der Waals surface area (Å²) in [6, 6.07) is 23.4. The molecule has 4 rings (SSSR count). The predicted octanol–water partition coefficient (Wildman–Crippen LogP) is 4.23. The number of hydrogen-bond acceptors (Lipinski definition) is 2. The number of benzene rings is 2. The first kappa shape index (κ1) is 15.7. The van der Waals surface area contributed by atoms with E-state index in [4.69, 9.17) is 9.73 Å². The molecule has 0 N–H and O–H groups in total. The molecule has 0 saturated carbocycles. The molecule has 0 unspecified atom stereocenters. The van der Waals surface area contributed by atoms with E-state index in [2.05, 4.69) is 78.4 Å². The van der Waals surface area contributed by atoms with Gasteiger partial charge in [0.2, 0.25) is 5.90 Å². The van der Waals surface area contributed by atoms with Crippen LogP contribution in [0.1, 0.15) is 22.4 Å². The maximum absolute atomic E-state index is 5.91. The fraction of sp³-hybridized carbons (Fsp3) is 0.227. The summed E-state index contributed by atoms with van der Waals surface area (Å²) in [5, 5.41) is 0. The molecule has 1 aliphatic heterocycles. The summed E-state index contributed by atoms with van der Waals surface area (Å²) in [6.45, 7) is 3.61. The second kappa shape index (κ2) is 6.98. The fourth-order valence-electron chi connectivity index (χ4n) is 3.30. The van der Waals surface area contributed by atoms with Gasteiger partial charge in [-0.25, -0.2) is 4.99 Å². The molecule has 126 valence electrons. The van der Waals surface area contributed by atoms with E-state index in [1.165, 1.54) is 16.7 Å². The van der Waals surface area contributed by atoms with Crippen LogP contribution >= 0.6 is 0 Å². The molecule has 3 heteroatoms.